The van der Waals surface area contributed by atoms with Crippen molar-refractivity contribution in [1.82, 2.24) is 5.32 Å². The van der Waals surface area contributed by atoms with E-state index in [9.17, 15) is 0 Å². The van der Waals surface area contributed by atoms with E-state index >= 15 is 0 Å². The standard InChI is InChI=1S/C18H29BrN2/c1-5-7-16-12-21(18(11-20-16)13(3)4)17-9-8-15(19)10-14(17)6-2/h8-10,13,16,18,20H,5-7,11-12H2,1-4H3. The topological polar surface area (TPSA) is 15.3 Å². The Balaban J connectivity index is 2.30. The molecule has 3 heteroatoms. The van der Waals surface area contributed by atoms with Crippen LogP contribution in [0.4, 0.5) is 5.69 Å². The Labute approximate surface area is 138 Å². The van der Waals surface area contributed by atoms with Crippen LogP contribution in [0.1, 0.15) is 46.1 Å². The molecule has 0 radical (unpaired) electrons. The minimum absolute atomic E-state index is 0.588. The second-order valence-corrected chi connectivity index (χ2v) is 7.40. The van der Waals surface area contributed by atoms with Crippen LogP contribution in [-0.4, -0.2) is 25.2 Å². The van der Waals surface area contributed by atoms with Gasteiger partial charge in [0.25, 0.3) is 0 Å². The number of halogens is 1. The molecule has 0 saturated carbocycles. The molecule has 1 heterocycles. The fourth-order valence-corrected chi connectivity index (χ4v) is 3.78. The summed E-state index contributed by atoms with van der Waals surface area (Å²) in [6.07, 6.45) is 3.60. The van der Waals surface area contributed by atoms with Gasteiger partial charge in [-0.1, -0.05) is 50.0 Å². The Kier molecular flexibility index (Phi) is 6.12. The van der Waals surface area contributed by atoms with E-state index in [1.807, 2.05) is 0 Å². The molecule has 118 valence electrons. The van der Waals surface area contributed by atoms with Crippen LogP contribution in [0.15, 0.2) is 22.7 Å². The molecule has 1 aliphatic rings. The van der Waals surface area contributed by atoms with Crippen LogP contribution in [0.5, 0.6) is 0 Å². The van der Waals surface area contributed by atoms with Crippen LogP contribution < -0.4 is 10.2 Å². The number of anilines is 1. The minimum atomic E-state index is 0.588. The lowest BCUT2D eigenvalue weighted by molar-refractivity contribution is 0.327. The van der Waals surface area contributed by atoms with E-state index in [0.717, 1.165) is 19.5 Å². The van der Waals surface area contributed by atoms with Gasteiger partial charge in [0.05, 0.1) is 0 Å². The number of aryl methyl sites for hydroxylation is 1. The van der Waals surface area contributed by atoms with Gasteiger partial charge < -0.3 is 10.2 Å². The summed E-state index contributed by atoms with van der Waals surface area (Å²) in [5, 5.41) is 3.75. The lowest BCUT2D eigenvalue weighted by atomic mass is 9.95. The van der Waals surface area contributed by atoms with Crippen molar-refractivity contribution in [2.24, 2.45) is 5.92 Å². The van der Waals surface area contributed by atoms with E-state index in [1.165, 1.54) is 28.6 Å². The molecule has 1 saturated heterocycles. The first-order valence-electron chi connectivity index (χ1n) is 8.35. The molecule has 2 atom stereocenters. The van der Waals surface area contributed by atoms with Crippen LogP contribution in [0.2, 0.25) is 0 Å². The quantitative estimate of drug-likeness (QED) is 0.831. The Hall–Kier alpha value is -0.540. The molecule has 0 aliphatic carbocycles. The summed E-state index contributed by atoms with van der Waals surface area (Å²) in [6.45, 7) is 11.4. The Morgan fingerprint density at radius 2 is 2.10 bits per heavy atom. The van der Waals surface area contributed by atoms with Gasteiger partial charge in [-0.15, -0.1) is 0 Å². The summed E-state index contributed by atoms with van der Waals surface area (Å²) in [6, 6.07) is 7.97. The number of piperazine rings is 1. The second-order valence-electron chi connectivity index (χ2n) is 6.48. The molecule has 2 unspecified atom stereocenters. The first kappa shape index (κ1) is 16.8. The molecule has 2 nitrogen and oxygen atoms in total. The summed E-state index contributed by atoms with van der Waals surface area (Å²) in [5.74, 6) is 0.661. The van der Waals surface area contributed by atoms with E-state index < -0.39 is 0 Å². The van der Waals surface area contributed by atoms with Gasteiger partial charge in [0, 0.05) is 35.3 Å². The summed E-state index contributed by atoms with van der Waals surface area (Å²) >= 11 is 3.61. The third-order valence-electron chi connectivity index (χ3n) is 4.57. The number of nitrogens with one attached hydrogen (secondary N) is 1. The number of nitrogens with zero attached hydrogens (tertiary/aromatic N) is 1. The van der Waals surface area contributed by atoms with Crippen molar-refractivity contribution in [3.63, 3.8) is 0 Å². The third-order valence-corrected chi connectivity index (χ3v) is 5.06. The summed E-state index contributed by atoms with van der Waals surface area (Å²) in [4.78, 5) is 2.66. The molecule has 1 N–H and O–H groups in total. The lowest BCUT2D eigenvalue weighted by Crippen LogP contribution is -2.58. The van der Waals surface area contributed by atoms with E-state index in [1.54, 1.807) is 0 Å². The first-order valence-corrected chi connectivity index (χ1v) is 9.14. The highest BCUT2D eigenvalue weighted by Gasteiger charge is 2.30. The number of rotatable bonds is 5. The fraction of sp³-hybridized carbons (Fsp3) is 0.667. The molecule has 0 bridgehead atoms. The maximum atomic E-state index is 3.75. The average molecular weight is 353 g/mol. The van der Waals surface area contributed by atoms with Gasteiger partial charge in [-0.3, -0.25) is 0 Å². The van der Waals surface area contributed by atoms with Crippen molar-refractivity contribution in [3.8, 4) is 0 Å². The van der Waals surface area contributed by atoms with Crippen LogP contribution in [0.3, 0.4) is 0 Å². The molecule has 0 amide bonds. The van der Waals surface area contributed by atoms with Gasteiger partial charge in [0.2, 0.25) is 0 Å². The maximum Gasteiger partial charge on any atom is 0.0438 e. The summed E-state index contributed by atoms with van der Waals surface area (Å²) in [5.41, 5.74) is 2.88. The van der Waals surface area contributed by atoms with Crippen LogP contribution in [-0.2, 0) is 6.42 Å². The minimum Gasteiger partial charge on any atom is -0.365 e. The molecular weight excluding hydrogens is 324 g/mol. The number of hydrogen-bond donors (Lipinski definition) is 1. The van der Waals surface area contributed by atoms with Crippen molar-refractivity contribution < 1.29 is 0 Å². The zero-order valence-electron chi connectivity index (χ0n) is 13.8. The van der Waals surface area contributed by atoms with Crippen molar-refractivity contribution >= 4 is 21.6 Å². The highest BCUT2D eigenvalue weighted by molar-refractivity contribution is 9.10. The number of benzene rings is 1. The van der Waals surface area contributed by atoms with E-state index in [-0.39, 0.29) is 0 Å². The van der Waals surface area contributed by atoms with Gasteiger partial charge in [-0.05, 0) is 42.5 Å². The highest BCUT2D eigenvalue weighted by Crippen LogP contribution is 2.30. The molecule has 1 fully saturated rings. The smallest absolute Gasteiger partial charge is 0.0438 e. The predicted octanol–water partition coefficient (Wildman–Crippen LogP) is 4.61. The van der Waals surface area contributed by atoms with Crippen LogP contribution in [0.25, 0.3) is 0 Å². The van der Waals surface area contributed by atoms with E-state index in [4.69, 9.17) is 0 Å². The summed E-state index contributed by atoms with van der Waals surface area (Å²) < 4.78 is 1.18. The Morgan fingerprint density at radius 1 is 1.33 bits per heavy atom. The molecule has 1 aromatic carbocycles. The molecular formula is C18H29BrN2. The zero-order valence-corrected chi connectivity index (χ0v) is 15.4. The molecule has 0 spiro atoms. The molecule has 21 heavy (non-hydrogen) atoms. The fourth-order valence-electron chi connectivity index (χ4n) is 3.37. The largest absolute Gasteiger partial charge is 0.365 e. The zero-order chi connectivity index (χ0) is 15.4. The van der Waals surface area contributed by atoms with Gasteiger partial charge in [0.15, 0.2) is 0 Å². The average Bonchev–Trinajstić information content (AvgIpc) is 2.47. The molecule has 0 aromatic heterocycles. The van der Waals surface area contributed by atoms with Crippen LogP contribution in [0, 0.1) is 5.92 Å². The highest BCUT2D eigenvalue weighted by atomic mass is 79.9. The van der Waals surface area contributed by atoms with Gasteiger partial charge >= 0.3 is 0 Å². The molecule has 1 aliphatic heterocycles. The SMILES string of the molecule is CCCC1CN(c2ccc(Br)cc2CC)C(C(C)C)CN1. The predicted molar refractivity (Wildman–Crippen MR) is 96.2 cm³/mol. The van der Waals surface area contributed by atoms with Crippen molar-refractivity contribution in [2.75, 3.05) is 18.0 Å². The molecule has 1 aromatic rings. The van der Waals surface area contributed by atoms with Gasteiger partial charge in [-0.25, -0.2) is 0 Å². The normalized spacial score (nSPS) is 22.9. The second kappa shape index (κ2) is 7.64. The van der Waals surface area contributed by atoms with Crippen molar-refractivity contribution in [3.05, 3.63) is 28.2 Å². The van der Waals surface area contributed by atoms with Crippen LogP contribution >= 0.6 is 15.9 Å². The van der Waals surface area contributed by atoms with E-state index in [0.29, 0.717) is 18.0 Å². The van der Waals surface area contributed by atoms with Crippen molar-refractivity contribution in [2.45, 2.75) is 59.0 Å². The summed E-state index contributed by atoms with van der Waals surface area (Å²) in [7, 11) is 0. The lowest BCUT2D eigenvalue weighted by Gasteiger charge is -2.44. The number of hydrogen-bond acceptors (Lipinski definition) is 2. The maximum absolute atomic E-state index is 3.75. The first-order chi connectivity index (χ1) is 10.1. The van der Waals surface area contributed by atoms with E-state index in [2.05, 4.69) is 72.0 Å². The third kappa shape index (κ3) is 4.01. The Morgan fingerprint density at radius 3 is 2.71 bits per heavy atom. The Bertz CT molecular complexity index is 459. The van der Waals surface area contributed by atoms with Crippen molar-refractivity contribution in [1.29, 1.82) is 0 Å². The monoisotopic (exact) mass is 352 g/mol. The molecule has 2 rings (SSSR count). The van der Waals surface area contributed by atoms with Gasteiger partial charge in [-0.2, -0.15) is 0 Å². The van der Waals surface area contributed by atoms with Gasteiger partial charge in [0.1, 0.15) is 0 Å².